The summed E-state index contributed by atoms with van der Waals surface area (Å²) in [6, 6.07) is 7.62. The molecule has 0 aliphatic carbocycles. The van der Waals surface area contributed by atoms with E-state index in [-0.39, 0.29) is 12.0 Å². The van der Waals surface area contributed by atoms with Crippen LogP contribution in [-0.2, 0) is 11.3 Å². The molecule has 0 bridgehead atoms. The first-order valence-corrected chi connectivity index (χ1v) is 9.69. The van der Waals surface area contributed by atoms with Gasteiger partial charge < -0.3 is 14.5 Å². The molecule has 1 aliphatic heterocycles. The predicted molar refractivity (Wildman–Crippen MR) is 107 cm³/mol. The Morgan fingerprint density at radius 1 is 1.11 bits per heavy atom. The molecular weight excluding hydrogens is 380 g/mol. The lowest BCUT2D eigenvalue weighted by Gasteiger charge is -2.21. The highest BCUT2D eigenvalue weighted by atomic mass is 35.5. The van der Waals surface area contributed by atoms with Gasteiger partial charge in [-0.3, -0.25) is 9.48 Å². The number of carbonyl (C=O) groups excluding carboxylic acids is 2. The summed E-state index contributed by atoms with van der Waals surface area (Å²) in [7, 11) is 1.37. The van der Waals surface area contributed by atoms with Crippen LogP contribution in [0.2, 0.25) is 5.02 Å². The Balaban J connectivity index is 1.78. The zero-order valence-corrected chi connectivity index (χ0v) is 17.2. The predicted octanol–water partition coefficient (Wildman–Crippen LogP) is 3.12. The van der Waals surface area contributed by atoms with E-state index in [1.54, 1.807) is 9.80 Å². The van der Waals surface area contributed by atoms with Gasteiger partial charge in [-0.1, -0.05) is 29.8 Å². The van der Waals surface area contributed by atoms with Crippen LogP contribution in [0, 0.1) is 13.8 Å². The van der Waals surface area contributed by atoms with Crippen molar-refractivity contribution >= 4 is 23.6 Å². The van der Waals surface area contributed by atoms with Crippen molar-refractivity contribution in [2.75, 3.05) is 33.3 Å². The molecule has 1 fully saturated rings. The topological polar surface area (TPSA) is 67.7 Å². The molecule has 150 valence electrons. The maximum Gasteiger partial charge on any atom is 0.409 e. The fourth-order valence-electron chi connectivity index (χ4n) is 3.54. The standard InChI is InChI=1S/C20H25ClN4O3/c1-14-18(15(2)25(22-14)13-16-7-4-5-8-17(16)21)19(26)23-9-6-10-24(12-11-23)20(27)28-3/h4-5,7-8H,6,9-13H2,1-3H3. The van der Waals surface area contributed by atoms with Crippen LogP contribution in [-0.4, -0.2) is 64.9 Å². The highest BCUT2D eigenvalue weighted by molar-refractivity contribution is 6.31. The number of halogens is 1. The van der Waals surface area contributed by atoms with Gasteiger partial charge in [-0.25, -0.2) is 4.79 Å². The van der Waals surface area contributed by atoms with Crippen molar-refractivity contribution < 1.29 is 14.3 Å². The molecule has 0 radical (unpaired) electrons. The largest absolute Gasteiger partial charge is 0.453 e. The highest BCUT2D eigenvalue weighted by Gasteiger charge is 2.27. The van der Waals surface area contributed by atoms with E-state index in [0.29, 0.717) is 55.4 Å². The Bertz CT molecular complexity index is 880. The lowest BCUT2D eigenvalue weighted by atomic mass is 10.1. The average molecular weight is 405 g/mol. The van der Waals surface area contributed by atoms with Crippen molar-refractivity contribution in [3.8, 4) is 0 Å². The summed E-state index contributed by atoms with van der Waals surface area (Å²) in [5.41, 5.74) is 3.09. The van der Waals surface area contributed by atoms with Crippen LogP contribution in [0.1, 0.15) is 33.7 Å². The van der Waals surface area contributed by atoms with Gasteiger partial charge in [0.25, 0.3) is 5.91 Å². The van der Waals surface area contributed by atoms with Crippen molar-refractivity contribution in [2.24, 2.45) is 0 Å². The number of rotatable bonds is 3. The number of benzene rings is 1. The molecule has 3 rings (SSSR count). The summed E-state index contributed by atoms with van der Waals surface area (Å²) in [5, 5.41) is 5.25. The van der Waals surface area contributed by atoms with E-state index in [1.807, 2.05) is 42.8 Å². The number of amides is 2. The van der Waals surface area contributed by atoms with Crippen molar-refractivity contribution in [1.82, 2.24) is 19.6 Å². The zero-order valence-electron chi connectivity index (χ0n) is 16.4. The van der Waals surface area contributed by atoms with Gasteiger partial charge in [0.15, 0.2) is 0 Å². The normalized spacial score (nSPS) is 14.7. The molecule has 1 aliphatic rings. The molecule has 2 heterocycles. The number of hydrogen-bond acceptors (Lipinski definition) is 4. The van der Waals surface area contributed by atoms with Gasteiger partial charge in [-0.05, 0) is 31.9 Å². The third-order valence-electron chi connectivity index (χ3n) is 5.09. The smallest absolute Gasteiger partial charge is 0.409 e. The van der Waals surface area contributed by atoms with Crippen LogP contribution in [0.25, 0.3) is 0 Å². The molecule has 8 heteroatoms. The number of hydrogen-bond donors (Lipinski definition) is 0. The molecule has 1 saturated heterocycles. The van der Waals surface area contributed by atoms with Gasteiger partial charge in [0.1, 0.15) is 0 Å². The molecule has 2 amide bonds. The van der Waals surface area contributed by atoms with Gasteiger partial charge in [0, 0.05) is 36.9 Å². The number of ether oxygens (including phenoxy) is 1. The van der Waals surface area contributed by atoms with Crippen LogP contribution in [0.4, 0.5) is 4.79 Å². The van der Waals surface area contributed by atoms with Crippen LogP contribution < -0.4 is 0 Å². The SMILES string of the molecule is COC(=O)N1CCCN(C(=O)c2c(C)nn(Cc3ccccc3Cl)c2C)CC1. The van der Waals surface area contributed by atoms with E-state index >= 15 is 0 Å². The summed E-state index contributed by atoms with van der Waals surface area (Å²) in [6.45, 7) is 6.38. The van der Waals surface area contributed by atoms with Crippen LogP contribution in [0.5, 0.6) is 0 Å². The van der Waals surface area contributed by atoms with E-state index < -0.39 is 0 Å². The highest BCUT2D eigenvalue weighted by Crippen LogP contribution is 2.21. The van der Waals surface area contributed by atoms with Gasteiger partial charge in [-0.2, -0.15) is 5.10 Å². The fourth-order valence-corrected chi connectivity index (χ4v) is 3.73. The molecular formula is C20H25ClN4O3. The number of aromatic nitrogens is 2. The summed E-state index contributed by atoms with van der Waals surface area (Å²) in [4.78, 5) is 28.4. The van der Waals surface area contributed by atoms with E-state index in [0.717, 1.165) is 11.3 Å². The second kappa shape index (κ2) is 8.65. The lowest BCUT2D eigenvalue weighted by Crippen LogP contribution is -2.37. The number of methoxy groups -OCH3 is 1. The van der Waals surface area contributed by atoms with E-state index in [1.165, 1.54) is 7.11 Å². The second-order valence-electron chi connectivity index (χ2n) is 6.90. The first-order chi connectivity index (χ1) is 13.4. The molecule has 1 aromatic heterocycles. The third kappa shape index (κ3) is 4.14. The molecule has 7 nitrogen and oxygen atoms in total. The minimum Gasteiger partial charge on any atom is -0.453 e. The van der Waals surface area contributed by atoms with Gasteiger partial charge in [0.2, 0.25) is 0 Å². The summed E-state index contributed by atoms with van der Waals surface area (Å²) < 4.78 is 6.61. The average Bonchev–Trinajstić information content (AvgIpc) is 2.86. The van der Waals surface area contributed by atoms with Gasteiger partial charge in [0.05, 0.1) is 24.9 Å². The van der Waals surface area contributed by atoms with Crippen LogP contribution in [0.3, 0.4) is 0 Å². The quantitative estimate of drug-likeness (QED) is 0.788. The Morgan fingerprint density at radius 3 is 2.50 bits per heavy atom. The van der Waals surface area contributed by atoms with Crippen molar-refractivity contribution in [1.29, 1.82) is 0 Å². The first kappa shape index (κ1) is 20.2. The molecule has 2 aromatic rings. The minimum atomic E-state index is -0.353. The molecule has 0 spiro atoms. The Kier molecular flexibility index (Phi) is 6.24. The van der Waals surface area contributed by atoms with Crippen LogP contribution in [0.15, 0.2) is 24.3 Å². The van der Waals surface area contributed by atoms with Gasteiger partial charge >= 0.3 is 6.09 Å². The van der Waals surface area contributed by atoms with E-state index in [4.69, 9.17) is 16.3 Å². The second-order valence-corrected chi connectivity index (χ2v) is 7.30. The Labute approximate surface area is 169 Å². The number of aryl methyl sites for hydroxylation is 1. The number of nitrogens with zero attached hydrogens (tertiary/aromatic N) is 4. The maximum atomic E-state index is 13.2. The fraction of sp³-hybridized carbons (Fsp3) is 0.450. The monoisotopic (exact) mass is 404 g/mol. The minimum absolute atomic E-state index is 0.0490. The number of carbonyl (C=O) groups is 2. The lowest BCUT2D eigenvalue weighted by molar-refractivity contribution is 0.0755. The first-order valence-electron chi connectivity index (χ1n) is 9.32. The Hall–Kier alpha value is -2.54. The van der Waals surface area contributed by atoms with E-state index in [9.17, 15) is 9.59 Å². The molecule has 0 saturated carbocycles. The van der Waals surface area contributed by atoms with Crippen LogP contribution >= 0.6 is 11.6 Å². The molecule has 28 heavy (non-hydrogen) atoms. The summed E-state index contributed by atoms with van der Waals surface area (Å²) >= 11 is 6.27. The third-order valence-corrected chi connectivity index (χ3v) is 5.46. The summed E-state index contributed by atoms with van der Waals surface area (Å²) in [6.07, 6.45) is 0.362. The van der Waals surface area contributed by atoms with Crippen molar-refractivity contribution in [3.05, 3.63) is 51.8 Å². The van der Waals surface area contributed by atoms with Crippen molar-refractivity contribution in [3.63, 3.8) is 0 Å². The van der Waals surface area contributed by atoms with Crippen molar-refractivity contribution in [2.45, 2.75) is 26.8 Å². The molecule has 0 N–H and O–H groups in total. The summed E-state index contributed by atoms with van der Waals surface area (Å²) in [5.74, 6) is -0.0490. The maximum absolute atomic E-state index is 13.2. The Morgan fingerprint density at radius 2 is 1.79 bits per heavy atom. The molecule has 1 aromatic carbocycles. The van der Waals surface area contributed by atoms with E-state index in [2.05, 4.69) is 5.10 Å². The molecule has 0 unspecified atom stereocenters. The molecule has 0 atom stereocenters. The zero-order chi connectivity index (χ0) is 20.3. The van der Waals surface area contributed by atoms with Gasteiger partial charge in [-0.15, -0.1) is 0 Å².